The van der Waals surface area contributed by atoms with Crippen LogP contribution in [0.4, 0.5) is 0 Å². The van der Waals surface area contributed by atoms with Crippen molar-refractivity contribution in [1.29, 1.82) is 0 Å². The fourth-order valence-corrected chi connectivity index (χ4v) is 1.54. The number of carbonyl (C=O) groups is 1. The Hall–Kier alpha value is -1.95. The van der Waals surface area contributed by atoms with Crippen molar-refractivity contribution in [3.05, 3.63) is 23.5 Å². The molecule has 0 spiro atoms. The molecule has 0 aliphatic carbocycles. The van der Waals surface area contributed by atoms with Crippen LogP contribution in [0.5, 0.6) is 0 Å². The molecule has 1 amide bonds. The van der Waals surface area contributed by atoms with E-state index in [2.05, 4.69) is 20.5 Å². The van der Waals surface area contributed by atoms with Crippen molar-refractivity contribution >= 4 is 17.0 Å². The van der Waals surface area contributed by atoms with Gasteiger partial charge in [0.1, 0.15) is 0 Å². The number of pyridine rings is 1. The molecule has 0 radical (unpaired) electrons. The van der Waals surface area contributed by atoms with Gasteiger partial charge in [-0.25, -0.2) is 10.5 Å². The summed E-state index contributed by atoms with van der Waals surface area (Å²) in [5.74, 6) is -0.142. The van der Waals surface area contributed by atoms with Crippen LogP contribution in [0.15, 0.2) is 16.8 Å². The van der Waals surface area contributed by atoms with Crippen LogP contribution >= 0.6 is 0 Å². The highest BCUT2D eigenvalue weighted by atomic mass is 16.6. The monoisotopic (exact) mass is 235 g/mol. The van der Waals surface area contributed by atoms with Crippen LogP contribution in [0, 0.1) is 0 Å². The van der Waals surface area contributed by atoms with E-state index in [-0.39, 0.29) is 11.8 Å². The lowest BCUT2D eigenvalue weighted by Crippen LogP contribution is -2.21. The Morgan fingerprint density at radius 1 is 1.53 bits per heavy atom. The Balaban J connectivity index is 2.47. The third kappa shape index (κ3) is 2.12. The third-order valence-electron chi connectivity index (χ3n) is 2.36. The van der Waals surface area contributed by atoms with Crippen molar-refractivity contribution in [2.45, 2.75) is 19.8 Å². The van der Waals surface area contributed by atoms with E-state index in [0.717, 1.165) is 11.1 Å². The predicted octanol–water partition coefficient (Wildman–Crippen LogP) is 1.64. The molecule has 90 valence electrons. The zero-order valence-corrected chi connectivity index (χ0v) is 9.85. The number of hydrogen-bond acceptors (Lipinski definition) is 5. The summed E-state index contributed by atoms with van der Waals surface area (Å²) in [6, 6.07) is 1.70. The number of carbonyl (C=O) groups excluding carboxylic acids is 1. The lowest BCUT2D eigenvalue weighted by molar-refractivity contribution is 0.0537. The Labute approximate surface area is 97.9 Å². The highest BCUT2D eigenvalue weighted by Gasteiger charge is 2.15. The number of nitrogens with one attached hydrogen (secondary N) is 1. The number of aromatic nitrogens is 2. The topological polar surface area (TPSA) is 77.2 Å². The molecule has 0 aliphatic rings. The molecule has 0 saturated heterocycles. The quantitative estimate of drug-likeness (QED) is 0.818. The molecule has 2 aromatic rings. The summed E-state index contributed by atoms with van der Waals surface area (Å²) in [6.45, 7) is 4.00. The van der Waals surface area contributed by atoms with Gasteiger partial charge in [-0.2, -0.15) is 0 Å². The van der Waals surface area contributed by atoms with E-state index in [4.69, 9.17) is 4.52 Å². The second-order valence-electron chi connectivity index (χ2n) is 3.93. The molecule has 6 nitrogen and oxygen atoms in total. The van der Waals surface area contributed by atoms with Gasteiger partial charge in [0.25, 0.3) is 11.6 Å². The van der Waals surface area contributed by atoms with Crippen LogP contribution in [0.3, 0.4) is 0 Å². The Morgan fingerprint density at radius 2 is 2.29 bits per heavy atom. The summed E-state index contributed by atoms with van der Waals surface area (Å²) in [7, 11) is 1.38. The van der Waals surface area contributed by atoms with Crippen molar-refractivity contribution in [1.82, 2.24) is 15.6 Å². The van der Waals surface area contributed by atoms with Gasteiger partial charge < -0.3 is 4.52 Å². The molecular formula is C11H13N3O3. The fourth-order valence-electron chi connectivity index (χ4n) is 1.54. The minimum Gasteiger partial charge on any atom is -0.336 e. The lowest BCUT2D eigenvalue weighted by atomic mass is 10.1. The van der Waals surface area contributed by atoms with Gasteiger partial charge in [-0.1, -0.05) is 19.0 Å². The molecule has 0 unspecified atom stereocenters. The summed E-state index contributed by atoms with van der Waals surface area (Å²) in [4.78, 5) is 20.2. The Bertz CT molecular complexity index is 548. The normalized spacial score (nSPS) is 11.1. The maximum absolute atomic E-state index is 11.6. The van der Waals surface area contributed by atoms with Gasteiger partial charge in [-0.15, -0.1) is 0 Å². The minimum atomic E-state index is -0.349. The lowest BCUT2D eigenvalue weighted by Gasteiger charge is -2.02. The van der Waals surface area contributed by atoms with Crippen molar-refractivity contribution in [3.8, 4) is 0 Å². The van der Waals surface area contributed by atoms with Gasteiger partial charge in [0.15, 0.2) is 0 Å². The summed E-state index contributed by atoms with van der Waals surface area (Å²) >= 11 is 0. The van der Waals surface area contributed by atoms with Gasteiger partial charge >= 0.3 is 0 Å². The number of rotatable bonds is 3. The first kappa shape index (κ1) is 11.5. The average molecular weight is 235 g/mol. The molecule has 6 heteroatoms. The molecule has 2 aromatic heterocycles. The van der Waals surface area contributed by atoms with Gasteiger partial charge in [0.2, 0.25) is 0 Å². The first-order chi connectivity index (χ1) is 8.13. The zero-order valence-electron chi connectivity index (χ0n) is 9.85. The maximum Gasteiger partial charge on any atom is 0.276 e. The van der Waals surface area contributed by atoms with Crippen LogP contribution < -0.4 is 5.48 Å². The number of hydrogen-bond donors (Lipinski definition) is 1. The zero-order chi connectivity index (χ0) is 12.4. The van der Waals surface area contributed by atoms with Gasteiger partial charge in [-0.05, 0) is 12.0 Å². The molecule has 0 fully saturated rings. The predicted molar refractivity (Wildman–Crippen MR) is 60.4 cm³/mol. The maximum atomic E-state index is 11.6. The van der Waals surface area contributed by atoms with Gasteiger partial charge in [-0.3, -0.25) is 9.63 Å². The molecule has 17 heavy (non-hydrogen) atoms. The number of fused-ring (bicyclic) bond motifs is 1. The molecule has 0 saturated carbocycles. The second kappa shape index (κ2) is 4.50. The van der Waals surface area contributed by atoms with Gasteiger partial charge in [0.05, 0.1) is 23.8 Å². The number of nitrogens with zero attached hydrogens (tertiary/aromatic N) is 2. The fraction of sp³-hybridized carbons (Fsp3) is 0.364. The summed E-state index contributed by atoms with van der Waals surface area (Å²) in [5.41, 5.74) is 3.87. The van der Waals surface area contributed by atoms with Crippen LogP contribution in [0.1, 0.15) is 35.8 Å². The standard InChI is InChI=1S/C11H13N3O3/c1-6(2)9-8-4-7(10(15)14-16-3)5-12-11(8)17-13-9/h4-6H,1-3H3,(H,14,15). The van der Waals surface area contributed by atoms with E-state index in [0.29, 0.717) is 11.3 Å². The average Bonchev–Trinajstić information content (AvgIpc) is 2.71. The smallest absolute Gasteiger partial charge is 0.276 e. The summed E-state index contributed by atoms with van der Waals surface area (Å²) < 4.78 is 5.08. The van der Waals surface area contributed by atoms with Crippen LogP contribution in [-0.2, 0) is 4.84 Å². The summed E-state index contributed by atoms with van der Waals surface area (Å²) in [5, 5.41) is 4.69. The van der Waals surface area contributed by atoms with E-state index in [1.807, 2.05) is 13.8 Å². The first-order valence-corrected chi connectivity index (χ1v) is 5.22. The molecule has 2 rings (SSSR count). The first-order valence-electron chi connectivity index (χ1n) is 5.22. The SMILES string of the molecule is CONC(=O)c1cnc2onc(C(C)C)c2c1. The number of hydroxylamine groups is 1. The molecule has 0 atom stereocenters. The molecule has 1 N–H and O–H groups in total. The Kier molecular flexibility index (Phi) is 3.06. The van der Waals surface area contributed by atoms with Crippen molar-refractivity contribution in [2.24, 2.45) is 0 Å². The highest BCUT2D eigenvalue weighted by molar-refractivity contribution is 5.96. The van der Waals surface area contributed by atoms with Crippen molar-refractivity contribution in [3.63, 3.8) is 0 Å². The highest BCUT2D eigenvalue weighted by Crippen LogP contribution is 2.23. The van der Waals surface area contributed by atoms with Crippen molar-refractivity contribution < 1.29 is 14.2 Å². The van der Waals surface area contributed by atoms with Crippen LogP contribution in [-0.4, -0.2) is 23.2 Å². The molecule has 0 bridgehead atoms. The number of amides is 1. The molecule has 0 aromatic carbocycles. The van der Waals surface area contributed by atoms with E-state index in [9.17, 15) is 4.79 Å². The third-order valence-corrected chi connectivity index (χ3v) is 2.36. The van der Waals surface area contributed by atoms with Crippen LogP contribution in [0.25, 0.3) is 11.1 Å². The molecular weight excluding hydrogens is 222 g/mol. The minimum absolute atomic E-state index is 0.207. The molecule has 0 aliphatic heterocycles. The Morgan fingerprint density at radius 3 is 2.94 bits per heavy atom. The largest absolute Gasteiger partial charge is 0.336 e. The van der Waals surface area contributed by atoms with Crippen molar-refractivity contribution in [2.75, 3.05) is 7.11 Å². The van der Waals surface area contributed by atoms with E-state index >= 15 is 0 Å². The van der Waals surface area contributed by atoms with E-state index < -0.39 is 0 Å². The van der Waals surface area contributed by atoms with Gasteiger partial charge in [0, 0.05) is 6.20 Å². The second-order valence-corrected chi connectivity index (χ2v) is 3.93. The van der Waals surface area contributed by atoms with Crippen LogP contribution in [0.2, 0.25) is 0 Å². The van der Waals surface area contributed by atoms with E-state index in [1.54, 1.807) is 6.07 Å². The van der Waals surface area contributed by atoms with E-state index in [1.165, 1.54) is 13.3 Å². The molecule has 2 heterocycles. The summed E-state index contributed by atoms with van der Waals surface area (Å²) in [6.07, 6.45) is 1.42.